The number of nitrogens with one attached hydrogen (secondary N) is 1. The van der Waals surface area contributed by atoms with Crippen LogP contribution in [0.5, 0.6) is 0 Å². The number of likely N-dealkylation sites (tertiary alicyclic amines) is 1. The van der Waals surface area contributed by atoms with E-state index >= 15 is 0 Å². The van der Waals surface area contributed by atoms with Crippen molar-refractivity contribution in [2.24, 2.45) is 7.05 Å². The predicted molar refractivity (Wildman–Crippen MR) is 109 cm³/mol. The number of aromatic nitrogens is 2. The van der Waals surface area contributed by atoms with E-state index in [4.69, 9.17) is 16.6 Å². The fraction of sp³-hybridized carbons (Fsp3) is 0.389. The van der Waals surface area contributed by atoms with E-state index in [1.807, 2.05) is 25.2 Å². The first-order valence-corrected chi connectivity index (χ1v) is 11.6. The Morgan fingerprint density at radius 2 is 2.07 bits per heavy atom. The number of nitrogens with zero attached hydrogens (tertiary/aromatic N) is 3. The molecule has 3 aromatic rings. The van der Waals surface area contributed by atoms with Gasteiger partial charge in [-0.05, 0) is 42.5 Å². The number of halogens is 1. The van der Waals surface area contributed by atoms with Crippen LogP contribution in [0.15, 0.2) is 39.9 Å². The summed E-state index contributed by atoms with van der Waals surface area (Å²) in [7, 11) is -1.39. The molecule has 6 nitrogen and oxygen atoms in total. The highest BCUT2D eigenvalue weighted by Crippen LogP contribution is 2.22. The van der Waals surface area contributed by atoms with Gasteiger partial charge in [0.15, 0.2) is 0 Å². The summed E-state index contributed by atoms with van der Waals surface area (Å²) < 4.78 is 30.0. The summed E-state index contributed by atoms with van der Waals surface area (Å²) in [5.41, 5.74) is 1.96. The molecule has 1 N–H and O–H groups in total. The zero-order valence-corrected chi connectivity index (χ0v) is 17.3. The fourth-order valence-electron chi connectivity index (χ4n) is 3.47. The smallest absolute Gasteiger partial charge is 0.250 e. The molecule has 1 fully saturated rings. The highest BCUT2D eigenvalue weighted by Gasteiger charge is 2.25. The number of piperidine rings is 1. The largest absolute Gasteiger partial charge is 0.330 e. The average molecular weight is 425 g/mol. The van der Waals surface area contributed by atoms with Gasteiger partial charge in [-0.2, -0.15) is 0 Å². The number of imidazole rings is 1. The number of aryl methyl sites for hydroxylation is 1. The van der Waals surface area contributed by atoms with E-state index < -0.39 is 10.0 Å². The number of hydrogen-bond donors (Lipinski definition) is 1. The molecule has 1 aliphatic rings. The van der Waals surface area contributed by atoms with Crippen molar-refractivity contribution in [2.45, 2.75) is 29.6 Å². The molecule has 1 aromatic carbocycles. The van der Waals surface area contributed by atoms with E-state index in [9.17, 15) is 8.42 Å². The van der Waals surface area contributed by atoms with Gasteiger partial charge in [0.2, 0.25) is 10.0 Å². The van der Waals surface area contributed by atoms with Crippen molar-refractivity contribution < 1.29 is 8.42 Å². The van der Waals surface area contributed by atoms with Crippen LogP contribution in [-0.4, -0.2) is 42.0 Å². The third-order valence-corrected chi connectivity index (χ3v) is 8.12. The molecule has 0 amide bonds. The molecule has 0 radical (unpaired) electrons. The van der Waals surface area contributed by atoms with Crippen LogP contribution in [-0.2, 0) is 23.6 Å². The molecule has 144 valence electrons. The Labute approximate surface area is 167 Å². The van der Waals surface area contributed by atoms with Crippen molar-refractivity contribution >= 4 is 44.0 Å². The molecule has 1 aliphatic heterocycles. The monoisotopic (exact) mass is 424 g/mol. The SMILES string of the molecule is Cn1c(CN2CCC(NS(=O)(=O)c3cccs3)CC2)nc2cc(Cl)ccc21. The molecule has 0 bridgehead atoms. The summed E-state index contributed by atoms with van der Waals surface area (Å²) in [6.45, 7) is 2.41. The second kappa shape index (κ2) is 7.52. The molecule has 0 spiro atoms. The van der Waals surface area contributed by atoms with Gasteiger partial charge in [-0.25, -0.2) is 18.1 Å². The minimum absolute atomic E-state index is 0.0207. The first-order valence-electron chi connectivity index (χ1n) is 8.81. The Hall–Kier alpha value is -1.45. The molecule has 27 heavy (non-hydrogen) atoms. The number of hydrogen-bond acceptors (Lipinski definition) is 5. The normalized spacial score (nSPS) is 17.0. The lowest BCUT2D eigenvalue weighted by atomic mass is 10.1. The minimum atomic E-state index is -3.40. The van der Waals surface area contributed by atoms with Gasteiger partial charge in [0.25, 0.3) is 0 Å². The van der Waals surface area contributed by atoms with E-state index in [2.05, 4.69) is 14.2 Å². The van der Waals surface area contributed by atoms with Gasteiger partial charge in [-0.3, -0.25) is 4.90 Å². The maximum absolute atomic E-state index is 12.4. The average Bonchev–Trinajstić information content (AvgIpc) is 3.26. The maximum Gasteiger partial charge on any atom is 0.250 e. The molecule has 4 rings (SSSR count). The summed E-state index contributed by atoms with van der Waals surface area (Å²) in [4.78, 5) is 7.02. The molecular formula is C18H21ClN4O2S2. The van der Waals surface area contributed by atoms with Crippen molar-refractivity contribution in [3.63, 3.8) is 0 Å². The Balaban J connectivity index is 1.38. The van der Waals surface area contributed by atoms with Crippen LogP contribution >= 0.6 is 22.9 Å². The molecule has 3 heterocycles. The Morgan fingerprint density at radius 3 is 2.78 bits per heavy atom. The van der Waals surface area contributed by atoms with Crippen LogP contribution in [0.3, 0.4) is 0 Å². The molecule has 1 saturated heterocycles. The standard InChI is InChI=1S/C18H21ClN4O2S2/c1-22-16-5-4-13(19)11-15(16)20-17(22)12-23-8-6-14(7-9-23)21-27(24,25)18-3-2-10-26-18/h2-5,10-11,14,21H,6-9,12H2,1H3. The second-order valence-electron chi connectivity index (χ2n) is 6.82. The summed E-state index contributed by atoms with van der Waals surface area (Å²) in [5.74, 6) is 0.991. The highest BCUT2D eigenvalue weighted by molar-refractivity contribution is 7.91. The number of sulfonamides is 1. The predicted octanol–water partition coefficient (Wildman–Crippen LogP) is 3.23. The van der Waals surface area contributed by atoms with Gasteiger partial charge in [-0.15, -0.1) is 11.3 Å². The lowest BCUT2D eigenvalue weighted by Crippen LogP contribution is -2.44. The number of thiophene rings is 1. The van der Waals surface area contributed by atoms with E-state index in [0.717, 1.165) is 49.3 Å². The van der Waals surface area contributed by atoms with Crippen molar-refractivity contribution in [2.75, 3.05) is 13.1 Å². The van der Waals surface area contributed by atoms with Crippen LogP contribution in [0.25, 0.3) is 11.0 Å². The third-order valence-electron chi connectivity index (χ3n) is 4.97. The quantitative estimate of drug-likeness (QED) is 0.682. The van der Waals surface area contributed by atoms with E-state index in [-0.39, 0.29) is 6.04 Å². The molecular weight excluding hydrogens is 404 g/mol. The molecule has 0 atom stereocenters. The zero-order valence-electron chi connectivity index (χ0n) is 14.9. The van der Waals surface area contributed by atoms with E-state index in [1.165, 1.54) is 11.3 Å². The third kappa shape index (κ3) is 4.05. The van der Waals surface area contributed by atoms with Crippen molar-refractivity contribution in [1.82, 2.24) is 19.2 Å². The van der Waals surface area contributed by atoms with Crippen LogP contribution in [0.4, 0.5) is 0 Å². The lowest BCUT2D eigenvalue weighted by Gasteiger charge is -2.31. The van der Waals surface area contributed by atoms with Gasteiger partial charge in [0.05, 0.1) is 17.6 Å². The van der Waals surface area contributed by atoms with Gasteiger partial charge in [0.1, 0.15) is 10.0 Å². The molecule has 0 unspecified atom stereocenters. The zero-order chi connectivity index (χ0) is 19.0. The summed E-state index contributed by atoms with van der Waals surface area (Å²) >= 11 is 7.31. The first kappa shape index (κ1) is 18.9. The second-order valence-corrected chi connectivity index (χ2v) is 10.1. The van der Waals surface area contributed by atoms with Crippen molar-refractivity contribution in [1.29, 1.82) is 0 Å². The van der Waals surface area contributed by atoms with Crippen molar-refractivity contribution in [3.05, 3.63) is 46.6 Å². The van der Waals surface area contributed by atoms with E-state index in [0.29, 0.717) is 9.23 Å². The molecule has 0 aliphatic carbocycles. The first-order chi connectivity index (χ1) is 12.9. The topological polar surface area (TPSA) is 67.2 Å². The van der Waals surface area contributed by atoms with Crippen LogP contribution in [0.1, 0.15) is 18.7 Å². The van der Waals surface area contributed by atoms with Crippen molar-refractivity contribution in [3.8, 4) is 0 Å². The summed E-state index contributed by atoms with van der Waals surface area (Å²) in [6, 6.07) is 9.12. The Kier molecular flexibility index (Phi) is 5.26. The number of rotatable bonds is 5. The lowest BCUT2D eigenvalue weighted by molar-refractivity contribution is 0.194. The van der Waals surface area contributed by atoms with E-state index in [1.54, 1.807) is 17.5 Å². The van der Waals surface area contributed by atoms with Gasteiger partial charge >= 0.3 is 0 Å². The Bertz CT molecular complexity index is 1040. The molecule has 2 aromatic heterocycles. The number of fused-ring (bicyclic) bond motifs is 1. The fourth-order valence-corrected chi connectivity index (χ4v) is 5.95. The van der Waals surface area contributed by atoms with Crippen LogP contribution in [0.2, 0.25) is 5.02 Å². The number of benzene rings is 1. The molecule has 0 saturated carbocycles. The minimum Gasteiger partial charge on any atom is -0.330 e. The maximum atomic E-state index is 12.4. The summed E-state index contributed by atoms with van der Waals surface area (Å²) in [6.07, 6.45) is 1.58. The summed E-state index contributed by atoms with van der Waals surface area (Å²) in [5, 5.41) is 2.47. The van der Waals surface area contributed by atoms with Crippen LogP contribution in [0, 0.1) is 0 Å². The molecule has 9 heteroatoms. The van der Waals surface area contributed by atoms with Gasteiger partial charge in [-0.1, -0.05) is 17.7 Å². The Morgan fingerprint density at radius 1 is 1.30 bits per heavy atom. The highest BCUT2D eigenvalue weighted by atomic mass is 35.5. The van der Waals surface area contributed by atoms with Gasteiger partial charge in [0, 0.05) is 31.2 Å². The van der Waals surface area contributed by atoms with Gasteiger partial charge < -0.3 is 4.57 Å². The van der Waals surface area contributed by atoms with Crippen LogP contribution < -0.4 is 4.72 Å².